The number of halogens is 3. The van der Waals surface area contributed by atoms with Gasteiger partial charge >= 0.3 is 0 Å². The first-order valence-corrected chi connectivity index (χ1v) is 5.99. The third-order valence-electron chi connectivity index (χ3n) is 2.03. The standard InChI is InChI=1S/C11H7Cl3N2O/c12-5-7-10(14)15-6-16-11(7)17-9-4-2-1-3-8(9)13/h1-4,6H,5H2. The van der Waals surface area contributed by atoms with Crippen molar-refractivity contribution in [2.45, 2.75) is 5.88 Å². The van der Waals surface area contributed by atoms with Gasteiger partial charge in [0, 0.05) is 0 Å². The van der Waals surface area contributed by atoms with E-state index in [9.17, 15) is 0 Å². The Morgan fingerprint density at radius 3 is 2.59 bits per heavy atom. The molecule has 0 spiro atoms. The molecule has 1 aromatic carbocycles. The minimum Gasteiger partial charge on any atom is -0.437 e. The molecule has 0 unspecified atom stereocenters. The van der Waals surface area contributed by atoms with Gasteiger partial charge in [-0.05, 0) is 12.1 Å². The first kappa shape index (κ1) is 12.4. The van der Waals surface area contributed by atoms with Crippen LogP contribution in [0.1, 0.15) is 5.56 Å². The highest BCUT2D eigenvalue weighted by molar-refractivity contribution is 6.32. The van der Waals surface area contributed by atoms with Crippen molar-refractivity contribution >= 4 is 34.8 Å². The first-order valence-electron chi connectivity index (χ1n) is 4.70. The van der Waals surface area contributed by atoms with Gasteiger partial charge in [-0.1, -0.05) is 35.3 Å². The van der Waals surface area contributed by atoms with Crippen molar-refractivity contribution in [3.05, 3.63) is 46.3 Å². The highest BCUT2D eigenvalue weighted by Crippen LogP contribution is 2.31. The first-order chi connectivity index (χ1) is 8.22. The molecule has 0 aliphatic heterocycles. The van der Waals surface area contributed by atoms with Crippen LogP contribution >= 0.6 is 34.8 Å². The van der Waals surface area contributed by atoms with E-state index in [4.69, 9.17) is 39.5 Å². The normalized spacial score (nSPS) is 10.3. The highest BCUT2D eigenvalue weighted by Gasteiger charge is 2.12. The van der Waals surface area contributed by atoms with E-state index in [1.807, 2.05) is 12.1 Å². The van der Waals surface area contributed by atoms with Crippen LogP contribution in [0.25, 0.3) is 0 Å². The van der Waals surface area contributed by atoms with E-state index < -0.39 is 0 Å². The van der Waals surface area contributed by atoms with Crippen LogP contribution in [0.3, 0.4) is 0 Å². The molecule has 0 fully saturated rings. The zero-order valence-electron chi connectivity index (χ0n) is 8.53. The summed E-state index contributed by atoms with van der Waals surface area (Å²) >= 11 is 17.6. The number of hydrogen-bond donors (Lipinski definition) is 0. The van der Waals surface area contributed by atoms with Crippen molar-refractivity contribution in [3.63, 3.8) is 0 Å². The van der Waals surface area contributed by atoms with Crippen molar-refractivity contribution in [1.82, 2.24) is 9.97 Å². The maximum Gasteiger partial charge on any atom is 0.228 e. The Bertz CT molecular complexity index is 534. The van der Waals surface area contributed by atoms with Gasteiger partial charge in [0.05, 0.1) is 16.5 Å². The van der Waals surface area contributed by atoms with Gasteiger partial charge in [-0.25, -0.2) is 9.97 Å². The van der Waals surface area contributed by atoms with Gasteiger partial charge in [0.25, 0.3) is 0 Å². The molecule has 88 valence electrons. The summed E-state index contributed by atoms with van der Waals surface area (Å²) in [7, 11) is 0. The molecular weight excluding hydrogens is 282 g/mol. The Morgan fingerprint density at radius 1 is 1.12 bits per heavy atom. The van der Waals surface area contributed by atoms with E-state index in [2.05, 4.69) is 9.97 Å². The monoisotopic (exact) mass is 288 g/mol. The molecule has 2 aromatic rings. The Balaban J connectivity index is 2.37. The fourth-order valence-electron chi connectivity index (χ4n) is 1.21. The topological polar surface area (TPSA) is 35.0 Å². The SMILES string of the molecule is ClCc1c(Cl)ncnc1Oc1ccccc1Cl. The van der Waals surface area contributed by atoms with Crippen LogP contribution in [-0.2, 0) is 5.88 Å². The van der Waals surface area contributed by atoms with Gasteiger partial charge in [-0.3, -0.25) is 0 Å². The predicted molar refractivity (Wildman–Crippen MR) is 68.1 cm³/mol. The van der Waals surface area contributed by atoms with Crippen molar-refractivity contribution in [1.29, 1.82) is 0 Å². The Labute approximate surface area is 113 Å². The van der Waals surface area contributed by atoms with Crippen molar-refractivity contribution in [2.24, 2.45) is 0 Å². The third-order valence-corrected chi connectivity index (χ3v) is 2.94. The molecule has 0 N–H and O–H groups in total. The Hall–Kier alpha value is -1.03. The van der Waals surface area contributed by atoms with Crippen LogP contribution in [0.2, 0.25) is 10.2 Å². The molecule has 6 heteroatoms. The number of aromatic nitrogens is 2. The molecule has 0 aliphatic rings. The number of ether oxygens (including phenoxy) is 1. The fraction of sp³-hybridized carbons (Fsp3) is 0.0909. The summed E-state index contributed by atoms with van der Waals surface area (Å²) in [6.07, 6.45) is 1.31. The fourth-order valence-corrected chi connectivity index (χ4v) is 1.88. The lowest BCUT2D eigenvalue weighted by Crippen LogP contribution is -1.96. The van der Waals surface area contributed by atoms with Crippen LogP contribution in [0.15, 0.2) is 30.6 Å². The van der Waals surface area contributed by atoms with Crippen molar-refractivity contribution in [2.75, 3.05) is 0 Å². The van der Waals surface area contributed by atoms with Gasteiger partial charge in [-0.15, -0.1) is 11.6 Å². The predicted octanol–water partition coefficient (Wildman–Crippen LogP) is 4.31. The molecule has 2 rings (SSSR count). The number of hydrogen-bond acceptors (Lipinski definition) is 3. The van der Waals surface area contributed by atoms with Crippen LogP contribution < -0.4 is 4.74 Å². The van der Waals surface area contributed by atoms with Gasteiger partial charge < -0.3 is 4.74 Å². The molecule has 0 aliphatic carbocycles. The second-order valence-electron chi connectivity index (χ2n) is 3.11. The molecule has 0 radical (unpaired) electrons. The highest BCUT2D eigenvalue weighted by atomic mass is 35.5. The number of benzene rings is 1. The number of para-hydroxylation sites is 1. The lowest BCUT2D eigenvalue weighted by molar-refractivity contribution is 0.457. The zero-order chi connectivity index (χ0) is 12.3. The maximum atomic E-state index is 5.98. The van der Waals surface area contributed by atoms with Crippen LogP contribution in [0.5, 0.6) is 11.6 Å². The Kier molecular flexibility index (Phi) is 4.05. The molecule has 0 saturated carbocycles. The van der Waals surface area contributed by atoms with Crippen LogP contribution in [-0.4, -0.2) is 9.97 Å². The minimum atomic E-state index is 0.166. The minimum absolute atomic E-state index is 0.166. The molecule has 0 atom stereocenters. The Morgan fingerprint density at radius 2 is 1.88 bits per heavy atom. The molecule has 0 saturated heterocycles. The van der Waals surface area contributed by atoms with Crippen LogP contribution in [0, 0.1) is 0 Å². The van der Waals surface area contributed by atoms with E-state index in [1.165, 1.54) is 6.33 Å². The van der Waals surface area contributed by atoms with E-state index in [0.29, 0.717) is 22.2 Å². The molecule has 1 heterocycles. The maximum absolute atomic E-state index is 5.98. The van der Waals surface area contributed by atoms with E-state index >= 15 is 0 Å². The smallest absolute Gasteiger partial charge is 0.228 e. The lowest BCUT2D eigenvalue weighted by atomic mass is 10.3. The van der Waals surface area contributed by atoms with Crippen LogP contribution in [0.4, 0.5) is 0 Å². The summed E-state index contributed by atoms with van der Waals surface area (Å²) in [6.45, 7) is 0. The van der Waals surface area contributed by atoms with Crippen molar-refractivity contribution in [3.8, 4) is 11.6 Å². The van der Waals surface area contributed by atoms with E-state index in [-0.39, 0.29) is 11.0 Å². The molecule has 1 aromatic heterocycles. The third kappa shape index (κ3) is 2.80. The average Bonchev–Trinajstić information content (AvgIpc) is 2.32. The summed E-state index contributed by atoms with van der Waals surface area (Å²) in [4.78, 5) is 7.82. The molecule has 3 nitrogen and oxygen atoms in total. The van der Waals surface area contributed by atoms with Gasteiger partial charge in [0.1, 0.15) is 17.2 Å². The number of nitrogens with zero attached hydrogens (tertiary/aromatic N) is 2. The zero-order valence-corrected chi connectivity index (χ0v) is 10.8. The molecular formula is C11H7Cl3N2O. The summed E-state index contributed by atoms with van der Waals surface area (Å²) in [5.74, 6) is 0.975. The second-order valence-corrected chi connectivity index (χ2v) is 4.15. The quantitative estimate of drug-likeness (QED) is 0.623. The molecule has 0 amide bonds. The van der Waals surface area contributed by atoms with Gasteiger partial charge in [-0.2, -0.15) is 0 Å². The van der Waals surface area contributed by atoms with E-state index in [0.717, 1.165) is 0 Å². The second kappa shape index (κ2) is 5.54. The largest absolute Gasteiger partial charge is 0.437 e. The number of rotatable bonds is 3. The average molecular weight is 290 g/mol. The van der Waals surface area contributed by atoms with Crippen molar-refractivity contribution < 1.29 is 4.74 Å². The summed E-state index contributed by atoms with van der Waals surface area (Å²) < 4.78 is 5.56. The van der Waals surface area contributed by atoms with E-state index in [1.54, 1.807) is 12.1 Å². The lowest BCUT2D eigenvalue weighted by Gasteiger charge is -2.09. The van der Waals surface area contributed by atoms with Gasteiger partial charge in [0.2, 0.25) is 5.88 Å². The van der Waals surface area contributed by atoms with Gasteiger partial charge in [0.15, 0.2) is 0 Å². The summed E-state index contributed by atoms with van der Waals surface area (Å²) in [5, 5.41) is 0.764. The number of alkyl halides is 1. The molecule has 0 bridgehead atoms. The summed E-state index contributed by atoms with van der Waals surface area (Å²) in [5.41, 5.74) is 0.538. The summed E-state index contributed by atoms with van der Waals surface area (Å²) in [6, 6.07) is 7.07. The molecule has 17 heavy (non-hydrogen) atoms.